The number of hydrogen-bond donors (Lipinski definition) is 2. The van der Waals surface area contributed by atoms with Crippen LogP contribution in [0.25, 0.3) is 5.69 Å². The second-order valence-corrected chi connectivity index (χ2v) is 8.28. The van der Waals surface area contributed by atoms with Crippen molar-refractivity contribution in [1.29, 1.82) is 0 Å². The van der Waals surface area contributed by atoms with Crippen LogP contribution < -0.4 is 15.6 Å². The Morgan fingerprint density at radius 2 is 1.84 bits per heavy atom. The van der Waals surface area contributed by atoms with Crippen molar-refractivity contribution in [3.05, 3.63) is 70.0 Å². The SMILES string of the molecule is CCCCc1c(O)nc(SCC(=O)Nc2ccc(C)cc2)n(-c2ccc(OC)cc2)c1=O. The molecule has 168 valence electrons. The normalized spacial score (nSPS) is 10.7. The lowest BCUT2D eigenvalue weighted by Gasteiger charge is -2.15. The van der Waals surface area contributed by atoms with Crippen molar-refractivity contribution in [2.24, 2.45) is 0 Å². The van der Waals surface area contributed by atoms with Crippen LogP contribution in [0.2, 0.25) is 0 Å². The van der Waals surface area contributed by atoms with E-state index in [1.54, 1.807) is 31.4 Å². The molecule has 0 atom stereocenters. The van der Waals surface area contributed by atoms with Crippen molar-refractivity contribution in [2.75, 3.05) is 18.2 Å². The van der Waals surface area contributed by atoms with Crippen molar-refractivity contribution in [3.8, 4) is 17.3 Å². The van der Waals surface area contributed by atoms with Crippen LogP contribution in [0.3, 0.4) is 0 Å². The predicted octanol–water partition coefficient (Wildman–Crippen LogP) is 4.33. The number of aryl methyl sites for hydroxylation is 1. The van der Waals surface area contributed by atoms with Gasteiger partial charge in [-0.25, -0.2) is 0 Å². The Bertz CT molecular complexity index is 1130. The number of ether oxygens (including phenoxy) is 1. The van der Waals surface area contributed by atoms with Crippen molar-refractivity contribution < 1.29 is 14.6 Å². The molecule has 0 aliphatic carbocycles. The molecule has 3 rings (SSSR count). The van der Waals surface area contributed by atoms with Gasteiger partial charge in [0.2, 0.25) is 11.8 Å². The largest absolute Gasteiger partial charge is 0.497 e. The predicted molar refractivity (Wildman–Crippen MR) is 127 cm³/mol. The first-order valence-electron chi connectivity index (χ1n) is 10.4. The van der Waals surface area contributed by atoms with E-state index in [1.807, 2.05) is 38.1 Å². The number of thioether (sulfide) groups is 1. The number of rotatable bonds is 9. The number of methoxy groups -OCH3 is 1. The zero-order chi connectivity index (χ0) is 23.1. The molecule has 1 aromatic heterocycles. The van der Waals surface area contributed by atoms with Crippen molar-refractivity contribution in [3.63, 3.8) is 0 Å². The topological polar surface area (TPSA) is 93.5 Å². The average Bonchev–Trinajstić information content (AvgIpc) is 2.79. The van der Waals surface area contributed by atoms with Crippen molar-refractivity contribution >= 4 is 23.4 Å². The van der Waals surface area contributed by atoms with E-state index in [1.165, 1.54) is 4.57 Å². The van der Waals surface area contributed by atoms with Gasteiger partial charge in [-0.15, -0.1) is 0 Å². The number of nitrogens with one attached hydrogen (secondary N) is 1. The molecule has 8 heteroatoms. The molecule has 1 heterocycles. The van der Waals surface area contributed by atoms with Crippen LogP contribution in [0.15, 0.2) is 58.5 Å². The molecule has 0 saturated carbocycles. The Balaban J connectivity index is 1.89. The summed E-state index contributed by atoms with van der Waals surface area (Å²) >= 11 is 1.09. The molecule has 3 aromatic rings. The smallest absolute Gasteiger partial charge is 0.265 e. The maximum absolute atomic E-state index is 13.3. The number of nitrogens with zero attached hydrogens (tertiary/aromatic N) is 2. The molecular formula is C24H27N3O4S. The van der Waals surface area contributed by atoms with Crippen LogP contribution in [0.5, 0.6) is 11.6 Å². The first-order chi connectivity index (χ1) is 15.4. The van der Waals surface area contributed by atoms with Gasteiger partial charge < -0.3 is 15.2 Å². The number of carbonyl (C=O) groups is 1. The third-order valence-electron chi connectivity index (χ3n) is 4.90. The molecule has 2 aromatic carbocycles. The number of hydrogen-bond acceptors (Lipinski definition) is 6. The first kappa shape index (κ1) is 23.4. The minimum absolute atomic E-state index is 0.0320. The molecule has 2 N–H and O–H groups in total. The fourth-order valence-electron chi connectivity index (χ4n) is 3.12. The molecule has 1 amide bonds. The number of aromatic hydroxyl groups is 1. The summed E-state index contributed by atoms with van der Waals surface area (Å²) in [7, 11) is 1.57. The van der Waals surface area contributed by atoms with E-state index in [9.17, 15) is 14.7 Å². The van der Waals surface area contributed by atoms with Crippen molar-refractivity contribution in [1.82, 2.24) is 9.55 Å². The van der Waals surface area contributed by atoms with Gasteiger partial charge in [-0.2, -0.15) is 4.98 Å². The van der Waals surface area contributed by atoms with Crippen LogP contribution in [0, 0.1) is 6.92 Å². The fourth-order valence-corrected chi connectivity index (χ4v) is 3.92. The monoisotopic (exact) mass is 453 g/mol. The minimum atomic E-state index is -0.336. The summed E-state index contributed by atoms with van der Waals surface area (Å²) in [5.41, 5.74) is 2.32. The Morgan fingerprint density at radius 3 is 2.47 bits per heavy atom. The Kier molecular flexibility index (Phi) is 7.94. The standard InChI is InChI=1S/C24H27N3O4S/c1-4-5-6-20-22(29)26-24(27(23(20)30)18-11-13-19(31-3)14-12-18)32-15-21(28)25-17-9-7-16(2)8-10-17/h7-14,29H,4-6,15H2,1-3H3,(H,25,28). The van der Waals surface area contributed by atoms with Gasteiger partial charge in [0.25, 0.3) is 5.56 Å². The quantitative estimate of drug-likeness (QED) is 0.370. The van der Waals surface area contributed by atoms with Gasteiger partial charge in [-0.3, -0.25) is 14.2 Å². The Morgan fingerprint density at radius 1 is 1.16 bits per heavy atom. The molecule has 0 aliphatic rings. The van der Waals surface area contributed by atoms with Gasteiger partial charge in [-0.1, -0.05) is 42.8 Å². The minimum Gasteiger partial charge on any atom is -0.497 e. The van der Waals surface area contributed by atoms with E-state index in [2.05, 4.69) is 10.3 Å². The maximum atomic E-state index is 13.3. The highest BCUT2D eigenvalue weighted by Crippen LogP contribution is 2.25. The number of anilines is 1. The summed E-state index contributed by atoms with van der Waals surface area (Å²) in [5, 5.41) is 13.5. The van der Waals surface area contributed by atoms with Crippen LogP contribution in [0.4, 0.5) is 5.69 Å². The van der Waals surface area contributed by atoms with E-state index < -0.39 is 0 Å². The van der Waals surface area contributed by atoms with Gasteiger partial charge in [0.1, 0.15) is 5.75 Å². The summed E-state index contributed by atoms with van der Waals surface area (Å²) in [6.45, 7) is 3.99. The van der Waals surface area contributed by atoms with Crippen LogP contribution in [-0.4, -0.2) is 33.4 Å². The third-order valence-corrected chi connectivity index (χ3v) is 5.84. The number of unbranched alkanes of at least 4 members (excludes halogenated alkanes) is 1. The molecule has 32 heavy (non-hydrogen) atoms. The van der Waals surface area contributed by atoms with Gasteiger partial charge in [0, 0.05) is 5.69 Å². The van der Waals surface area contributed by atoms with Crippen LogP contribution >= 0.6 is 11.8 Å². The lowest BCUT2D eigenvalue weighted by Crippen LogP contribution is -2.26. The van der Waals surface area contributed by atoms with E-state index >= 15 is 0 Å². The Hall–Kier alpha value is -3.26. The molecule has 0 spiro atoms. The highest BCUT2D eigenvalue weighted by atomic mass is 32.2. The van der Waals surface area contributed by atoms with Crippen LogP contribution in [-0.2, 0) is 11.2 Å². The number of benzene rings is 2. The molecule has 7 nitrogen and oxygen atoms in total. The highest BCUT2D eigenvalue weighted by molar-refractivity contribution is 7.99. The number of carbonyl (C=O) groups excluding carboxylic acids is 1. The number of amides is 1. The molecule has 0 saturated heterocycles. The van der Waals surface area contributed by atoms with E-state index in [0.717, 1.165) is 30.2 Å². The molecule has 0 fully saturated rings. The molecule has 0 radical (unpaired) electrons. The summed E-state index contributed by atoms with van der Waals surface area (Å²) < 4.78 is 6.64. The van der Waals surface area contributed by atoms with E-state index in [0.29, 0.717) is 23.5 Å². The lowest BCUT2D eigenvalue weighted by molar-refractivity contribution is -0.113. The van der Waals surface area contributed by atoms with E-state index in [4.69, 9.17) is 4.74 Å². The van der Waals surface area contributed by atoms with Gasteiger partial charge in [0.05, 0.1) is 24.1 Å². The van der Waals surface area contributed by atoms with E-state index in [-0.39, 0.29) is 33.8 Å². The zero-order valence-electron chi connectivity index (χ0n) is 18.4. The van der Waals surface area contributed by atoms with Gasteiger partial charge >= 0.3 is 0 Å². The fraction of sp³-hybridized carbons (Fsp3) is 0.292. The summed E-state index contributed by atoms with van der Waals surface area (Å²) in [6, 6.07) is 14.5. The summed E-state index contributed by atoms with van der Waals surface area (Å²) in [5.74, 6) is 0.175. The highest BCUT2D eigenvalue weighted by Gasteiger charge is 2.19. The Labute approximate surface area is 191 Å². The van der Waals surface area contributed by atoms with Gasteiger partial charge in [-0.05, 0) is 56.2 Å². The lowest BCUT2D eigenvalue weighted by atomic mass is 10.1. The average molecular weight is 454 g/mol. The molecule has 0 aliphatic heterocycles. The van der Waals surface area contributed by atoms with Crippen LogP contribution in [0.1, 0.15) is 30.9 Å². The summed E-state index contributed by atoms with van der Waals surface area (Å²) in [6.07, 6.45) is 2.08. The summed E-state index contributed by atoms with van der Waals surface area (Å²) in [4.78, 5) is 30.0. The third kappa shape index (κ3) is 5.70. The molecule has 0 bridgehead atoms. The van der Waals surface area contributed by atoms with Gasteiger partial charge in [0.15, 0.2) is 5.16 Å². The van der Waals surface area contributed by atoms with Crippen molar-refractivity contribution in [2.45, 2.75) is 38.3 Å². The number of aromatic nitrogens is 2. The second kappa shape index (κ2) is 10.9. The maximum Gasteiger partial charge on any atom is 0.265 e. The molecule has 0 unspecified atom stereocenters. The zero-order valence-corrected chi connectivity index (χ0v) is 19.2. The second-order valence-electron chi connectivity index (χ2n) is 7.34. The molecular weight excluding hydrogens is 426 g/mol. The first-order valence-corrected chi connectivity index (χ1v) is 11.4.